The van der Waals surface area contributed by atoms with Crippen LogP contribution in [0.1, 0.15) is 31.7 Å². The maximum atomic E-state index is 11.5. The van der Waals surface area contributed by atoms with Crippen molar-refractivity contribution in [3.05, 3.63) is 23.8 Å². The van der Waals surface area contributed by atoms with Crippen molar-refractivity contribution in [1.29, 1.82) is 0 Å². The first kappa shape index (κ1) is 15.3. The average molecular weight is 264 g/mol. The normalized spacial score (nSPS) is 10.1. The molecule has 4 nitrogen and oxygen atoms in total. The quantitative estimate of drug-likeness (QED) is 0.710. The van der Waals surface area contributed by atoms with Gasteiger partial charge in [0.2, 0.25) is 5.91 Å². The molecule has 2 N–H and O–H groups in total. The van der Waals surface area contributed by atoms with Crippen LogP contribution in [-0.2, 0) is 4.79 Å². The van der Waals surface area contributed by atoms with Crippen LogP contribution >= 0.6 is 0 Å². The second kappa shape index (κ2) is 8.40. The third-order valence-corrected chi connectivity index (χ3v) is 2.87. The highest BCUT2D eigenvalue weighted by Gasteiger charge is 2.04. The summed E-state index contributed by atoms with van der Waals surface area (Å²) in [5, 5.41) is 6.14. The molecule has 0 bridgehead atoms. The largest absolute Gasteiger partial charge is 0.495 e. The second-order valence-corrected chi connectivity index (χ2v) is 4.58. The Morgan fingerprint density at radius 1 is 1.32 bits per heavy atom. The zero-order valence-corrected chi connectivity index (χ0v) is 12.1. The fourth-order valence-corrected chi connectivity index (χ4v) is 1.76. The number of methoxy groups -OCH3 is 1. The molecule has 4 heteroatoms. The molecule has 1 amide bonds. The highest BCUT2D eigenvalue weighted by Crippen LogP contribution is 2.24. The van der Waals surface area contributed by atoms with Gasteiger partial charge in [-0.05, 0) is 31.0 Å². The van der Waals surface area contributed by atoms with E-state index in [1.165, 1.54) is 0 Å². The lowest BCUT2D eigenvalue weighted by Crippen LogP contribution is -2.26. The number of aryl methyl sites for hydroxylation is 1. The number of hydrogen-bond donors (Lipinski definition) is 2. The van der Waals surface area contributed by atoms with Gasteiger partial charge < -0.3 is 15.4 Å². The summed E-state index contributed by atoms with van der Waals surface area (Å²) in [6.07, 6.45) is 2.60. The van der Waals surface area contributed by atoms with Crippen molar-refractivity contribution in [2.24, 2.45) is 0 Å². The molecule has 1 aromatic rings. The van der Waals surface area contributed by atoms with E-state index in [9.17, 15) is 4.79 Å². The molecule has 0 radical (unpaired) electrons. The molecular formula is C15H24N2O2. The van der Waals surface area contributed by atoms with Gasteiger partial charge in [-0.2, -0.15) is 0 Å². The van der Waals surface area contributed by atoms with Crippen LogP contribution in [0.15, 0.2) is 18.2 Å². The van der Waals surface area contributed by atoms with Crippen molar-refractivity contribution in [2.45, 2.75) is 33.1 Å². The summed E-state index contributed by atoms with van der Waals surface area (Å²) in [6, 6.07) is 5.95. The Hall–Kier alpha value is -1.71. The van der Waals surface area contributed by atoms with Crippen LogP contribution in [0.4, 0.5) is 5.69 Å². The van der Waals surface area contributed by atoms with Gasteiger partial charge in [-0.15, -0.1) is 0 Å². The zero-order chi connectivity index (χ0) is 14.1. The van der Waals surface area contributed by atoms with Crippen molar-refractivity contribution >= 4 is 11.6 Å². The van der Waals surface area contributed by atoms with Gasteiger partial charge in [0.25, 0.3) is 0 Å². The van der Waals surface area contributed by atoms with Crippen molar-refractivity contribution < 1.29 is 9.53 Å². The van der Waals surface area contributed by atoms with Gasteiger partial charge in [0.05, 0.1) is 12.8 Å². The molecule has 0 heterocycles. The minimum absolute atomic E-state index is 0.0903. The molecule has 0 aliphatic rings. The fraction of sp³-hybridized carbons (Fsp3) is 0.533. The summed E-state index contributed by atoms with van der Waals surface area (Å²) in [5.74, 6) is 0.893. The van der Waals surface area contributed by atoms with E-state index in [0.717, 1.165) is 36.4 Å². The summed E-state index contributed by atoms with van der Waals surface area (Å²) in [6.45, 7) is 5.51. The number of benzene rings is 1. The van der Waals surface area contributed by atoms with Crippen LogP contribution in [-0.4, -0.2) is 26.1 Å². The van der Waals surface area contributed by atoms with Gasteiger partial charge in [-0.1, -0.05) is 19.4 Å². The Balaban J connectivity index is 2.36. The van der Waals surface area contributed by atoms with Crippen LogP contribution in [0, 0.1) is 6.92 Å². The minimum Gasteiger partial charge on any atom is -0.495 e. The van der Waals surface area contributed by atoms with E-state index in [0.29, 0.717) is 13.0 Å². The number of anilines is 1. The topological polar surface area (TPSA) is 50.4 Å². The van der Waals surface area contributed by atoms with E-state index in [1.54, 1.807) is 7.11 Å². The molecule has 0 saturated heterocycles. The molecule has 0 saturated carbocycles. The van der Waals surface area contributed by atoms with Gasteiger partial charge in [-0.25, -0.2) is 0 Å². The van der Waals surface area contributed by atoms with Crippen molar-refractivity contribution in [3.63, 3.8) is 0 Å². The lowest BCUT2D eigenvalue weighted by atomic mass is 10.2. The van der Waals surface area contributed by atoms with Crippen molar-refractivity contribution in [3.8, 4) is 5.75 Å². The Kier molecular flexibility index (Phi) is 6.79. The first-order valence-corrected chi connectivity index (χ1v) is 6.82. The van der Waals surface area contributed by atoms with E-state index in [1.807, 2.05) is 25.1 Å². The Labute approximate surface area is 115 Å². The van der Waals surface area contributed by atoms with Gasteiger partial charge >= 0.3 is 0 Å². The minimum atomic E-state index is 0.0903. The van der Waals surface area contributed by atoms with E-state index in [2.05, 4.69) is 17.6 Å². The van der Waals surface area contributed by atoms with Crippen molar-refractivity contribution in [1.82, 2.24) is 5.32 Å². The molecule has 0 atom stereocenters. The van der Waals surface area contributed by atoms with Crippen LogP contribution in [0.5, 0.6) is 5.75 Å². The molecule has 0 fully saturated rings. The van der Waals surface area contributed by atoms with Gasteiger partial charge in [0, 0.05) is 19.5 Å². The zero-order valence-electron chi connectivity index (χ0n) is 12.1. The number of rotatable bonds is 8. The molecular weight excluding hydrogens is 240 g/mol. The molecule has 0 aromatic heterocycles. The average Bonchev–Trinajstić information content (AvgIpc) is 2.39. The van der Waals surface area contributed by atoms with E-state index >= 15 is 0 Å². The smallest absolute Gasteiger partial charge is 0.221 e. The van der Waals surface area contributed by atoms with Crippen LogP contribution in [0.25, 0.3) is 0 Å². The first-order valence-electron chi connectivity index (χ1n) is 6.82. The molecule has 19 heavy (non-hydrogen) atoms. The maximum Gasteiger partial charge on any atom is 0.221 e. The summed E-state index contributed by atoms with van der Waals surface area (Å²) >= 11 is 0. The molecule has 0 spiro atoms. The molecule has 0 aliphatic carbocycles. The summed E-state index contributed by atoms with van der Waals surface area (Å²) < 4.78 is 5.27. The third kappa shape index (κ3) is 5.64. The van der Waals surface area contributed by atoms with Gasteiger partial charge in [0.1, 0.15) is 5.75 Å². The van der Waals surface area contributed by atoms with Crippen LogP contribution in [0.3, 0.4) is 0 Å². The molecule has 1 rings (SSSR count). The highest BCUT2D eigenvalue weighted by atomic mass is 16.5. The standard InChI is InChI=1S/C15H24N2O2/c1-4-5-9-17-15(18)8-10-16-13-11-12(2)6-7-14(13)19-3/h6-7,11,16H,4-5,8-10H2,1-3H3,(H,17,18). The monoisotopic (exact) mass is 264 g/mol. The second-order valence-electron chi connectivity index (χ2n) is 4.58. The SMILES string of the molecule is CCCCNC(=O)CCNc1cc(C)ccc1OC. The highest BCUT2D eigenvalue weighted by molar-refractivity contribution is 5.76. The number of carbonyl (C=O) groups excluding carboxylic acids is 1. The Morgan fingerprint density at radius 3 is 2.79 bits per heavy atom. The van der Waals surface area contributed by atoms with Crippen LogP contribution in [0.2, 0.25) is 0 Å². The number of amides is 1. The van der Waals surface area contributed by atoms with Crippen LogP contribution < -0.4 is 15.4 Å². The van der Waals surface area contributed by atoms with Crippen molar-refractivity contribution in [2.75, 3.05) is 25.5 Å². The Morgan fingerprint density at radius 2 is 2.11 bits per heavy atom. The molecule has 1 aromatic carbocycles. The lowest BCUT2D eigenvalue weighted by Gasteiger charge is -2.12. The van der Waals surface area contributed by atoms with E-state index in [4.69, 9.17) is 4.74 Å². The van der Waals surface area contributed by atoms with E-state index < -0.39 is 0 Å². The fourth-order valence-electron chi connectivity index (χ4n) is 1.76. The van der Waals surface area contributed by atoms with E-state index in [-0.39, 0.29) is 5.91 Å². The number of ether oxygens (including phenoxy) is 1. The predicted molar refractivity (Wildman–Crippen MR) is 78.8 cm³/mol. The molecule has 106 valence electrons. The number of unbranched alkanes of at least 4 members (excludes halogenated alkanes) is 1. The molecule has 0 unspecified atom stereocenters. The predicted octanol–water partition coefficient (Wildman–Crippen LogP) is 2.72. The third-order valence-electron chi connectivity index (χ3n) is 2.87. The summed E-state index contributed by atoms with van der Waals surface area (Å²) in [5.41, 5.74) is 2.10. The maximum absolute atomic E-state index is 11.5. The number of carbonyl (C=O) groups is 1. The Bertz CT molecular complexity index is 405. The molecule has 0 aliphatic heterocycles. The first-order chi connectivity index (χ1) is 9.17. The summed E-state index contributed by atoms with van der Waals surface area (Å²) in [4.78, 5) is 11.5. The summed E-state index contributed by atoms with van der Waals surface area (Å²) in [7, 11) is 1.65. The number of hydrogen-bond acceptors (Lipinski definition) is 3. The lowest BCUT2D eigenvalue weighted by molar-refractivity contribution is -0.120. The van der Waals surface area contributed by atoms with Gasteiger partial charge in [-0.3, -0.25) is 4.79 Å². The number of nitrogens with one attached hydrogen (secondary N) is 2. The van der Waals surface area contributed by atoms with Gasteiger partial charge in [0.15, 0.2) is 0 Å².